The molecule has 0 fully saturated rings. The summed E-state index contributed by atoms with van der Waals surface area (Å²) < 4.78 is 6.89. The standard InChI is InChI=1S/C11H18N4O2/c1-7(8(2)16)15-11(9(3)17-4)10(5-6-12)13-14-15/h7-9,16H,5H2,1-4H3. The number of nitriles is 1. The molecule has 0 amide bonds. The number of nitrogens with zero attached hydrogens (tertiary/aromatic N) is 4. The van der Waals surface area contributed by atoms with Gasteiger partial charge in [-0.05, 0) is 20.8 Å². The summed E-state index contributed by atoms with van der Waals surface area (Å²) in [5, 5.41) is 26.3. The van der Waals surface area contributed by atoms with Crippen LogP contribution in [0.4, 0.5) is 0 Å². The first-order valence-corrected chi connectivity index (χ1v) is 5.54. The van der Waals surface area contributed by atoms with Crippen LogP contribution in [0.5, 0.6) is 0 Å². The molecule has 0 radical (unpaired) electrons. The number of ether oxygens (including phenoxy) is 1. The largest absolute Gasteiger partial charge is 0.391 e. The molecule has 0 aliphatic heterocycles. The summed E-state index contributed by atoms with van der Waals surface area (Å²) in [7, 11) is 1.59. The van der Waals surface area contributed by atoms with Crippen molar-refractivity contribution < 1.29 is 9.84 Å². The Balaban J connectivity index is 3.18. The van der Waals surface area contributed by atoms with Gasteiger partial charge in [-0.1, -0.05) is 5.21 Å². The van der Waals surface area contributed by atoms with Gasteiger partial charge in [0, 0.05) is 7.11 Å². The number of aliphatic hydroxyl groups excluding tert-OH is 1. The van der Waals surface area contributed by atoms with Crippen LogP contribution in [0.15, 0.2) is 0 Å². The van der Waals surface area contributed by atoms with Crippen molar-refractivity contribution in [3.63, 3.8) is 0 Å². The first-order chi connectivity index (χ1) is 8.02. The molecule has 1 N–H and O–H groups in total. The summed E-state index contributed by atoms with van der Waals surface area (Å²) in [6, 6.07) is 1.84. The van der Waals surface area contributed by atoms with Crippen LogP contribution in [0, 0.1) is 11.3 Å². The summed E-state index contributed by atoms with van der Waals surface area (Å²) in [4.78, 5) is 0. The van der Waals surface area contributed by atoms with E-state index in [2.05, 4.69) is 16.4 Å². The lowest BCUT2D eigenvalue weighted by Crippen LogP contribution is -2.22. The fourth-order valence-corrected chi connectivity index (χ4v) is 1.57. The Hall–Kier alpha value is -1.45. The molecule has 1 heterocycles. The quantitative estimate of drug-likeness (QED) is 0.827. The smallest absolute Gasteiger partial charge is 0.103 e. The number of hydrogen-bond donors (Lipinski definition) is 1. The Morgan fingerprint density at radius 1 is 1.47 bits per heavy atom. The third kappa shape index (κ3) is 2.81. The highest BCUT2D eigenvalue weighted by Gasteiger charge is 2.23. The van der Waals surface area contributed by atoms with Gasteiger partial charge in [-0.15, -0.1) is 5.10 Å². The molecule has 0 spiro atoms. The van der Waals surface area contributed by atoms with Gasteiger partial charge < -0.3 is 9.84 Å². The van der Waals surface area contributed by atoms with E-state index in [1.165, 1.54) is 0 Å². The van der Waals surface area contributed by atoms with Crippen molar-refractivity contribution in [3.05, 3.63) is 11.4 Å². The molecule has 0 aliphatic rings. The van der Waals surface area contributed by atoms with Crippen LogP contribution in [0.25, 0.3) is 0 Å². The fourth-order valence-electron chi connectivity index (χ4n) is 1.57. The van der Waals surface area contributed by atoms with Gasteiger partial charge in [0.25, 0.3) is 0 Å². The van der Waals surface area contributed by atoms with Gasteiger partial charge in [-0.2, -0.15) is 5.26 Å². The van der Waals surface area contributed by atoms with Crippen LogP contribution in [0.2, 0.25) is 0 Å². The maximum atomic E-state index is 9.60. The topological polar surface area (TPSA) is 84.0 Å². The molecular formula is C11H18N4O2. The number of rotatable bonds is 5. The van der Waals surface area contributed by atoms with E-state index in [4.69, 9.17) is 10.00 Å². The van der Waals surface area contributed by atoms with Crippen LogP contribution in [-0.2, 0) is 11.2 Å². The molecule has 3 atom stereocenters. The number of methoxy groups -OCH3 is 1. The third-order valence-electron chi connectivity index (χ3n) is 2.87. The van der Waals surface area contributed by atoms with Crippen molar-refractivity contribution in [2.24, 2.45) is 0 Å². The monoisotopic (exact) mass is 238 g/mol. The van der Waals surface area contributed by atoms with Crippen LogP contribution in [0.1, 0.15) is 44.3 Å². The van der Waals surface area contributed by atoms with Crippen LogP contribution >= 0.6 is 0 Å². The molecule has 1 aromatic rings. The molecule has 6 nitrogen and oxygen atoms in total. The van der Waals surface area contributed by atoms with E-state index in [1.54, 1.807) is 18.7 Å². The Morgan fingerprint density at radius 3 is 2.59 bits per heavy atom. The van der Waals surface area contributed by atoms with E-state index in [0.29, 0.717) is 5.69 Å². The van der Waals surface area contributed by atoms with Gasteiger partial charge in [0.05, 0.1) is 36.4 Å². The summed E-state index contributed by atoms with van der Waals surface area (Å²) in [5.74, 6) is 0. The Morgan fingerprint density at radius 2 is 2.12 bits per heavy atom. The molecular weight excluding hydrogens is 220 g/mol. The minimum atomic E-state index is -0.547. The highest BCUT2D eigenvalue weighted by atomic mass is 16.5. The third-order valence-corrected chi connectivity index (χ3v) is 2.87. The van der Waals surface area contributed by atoms with Crippen LogP contribution in [-0.4, -0.2) is 33.3 Å². The molecule has 0 saturated carbocycles. The van der Waals surface area contributed by atoms with Crippen molar-refractivity contribution in [3.8, 4) is 6.07 Å². The van der Waals surface area contributed by atoms with Gasteiger partial charge >= 0.3 is 0 Å². The Bertz CT molecular complexity index is 408. The molecule has 0 saturated heterocycles. The van der Waals surface area contributed by atoms with E-state index in [0.717, 1.165) is 5.69 Å². The first kappa shape index (κ1) is 13.6. The first-order valence-electron chi connectivity index (χ1n) is 5.54. The van der Waals surface area contributed by atoms with E-state index in [1.807, 2.05) is 13.8 Å². The molecule has 1 aromatic heterocycles. The van der Waals surface area contributed by atoms with Gasteiger partial charge in [-0.25, -0.2) is 4.68 Å². The molecule has 6 heteroatoms. The van der Waals surface area contributed by atoms with Crippen molar-refractivity contribution >= 4 is 0 Å². The number of aromatic nitrogens is 3. The average Bonchev–Trinajstić information content (AvgIpc) is 2.71. The second-order valence-corrected chi connectivity index (χ2v) is 4.06. The average molecular weight is 238 g/mol. The lowest BCUT2D eigenvalue weighted by atomic mass is 10.1. The highest BCUT2D eigenvalue weighted by molar-refractivity contribution is 5.17. The molecule has 17 heavy (non-hydrogen) atoms. The number of hydrogen-bond acceptors (Lipinski definition) is 5. The van der Waals surface area contributed by atoms with Crippen molar-refractivity contribution in [1.29, 1.82) is 5.26 Å². The van der Waals surface area contributed by atoms with Crippen molar-refractivity contribution in [2.75, 3.05) is 7.11 Å². The molecule has 3 unspecified atom stereocenters. The minimum absolute atomic E-state index is 0.190. The lowest BCUT2D eigenvalue weighted by molar-refractivity contribution is 0.0935. The fraction of sp³-hybridized carbons (Fsp3) is 0.727. The molecule has 94 valence electrons. The maximum Gasteiger partial charge on any atom is 0.103 e. The van der Waals surface area contributed by atoms with Gasteiger partial charge in [0.2, 0.25) is 0 Å². The number of aliphatic hydroxyl groups is 1. The van der Waals surface area contributed by atoms with E-state index < -0.39 is 6.10 Å². The second-order valence-electron chi connectivity index (χ2n) is 4.06. The molecule has 1 rings (SSSR count). The van der Waals surface area contributed by atoms with Gasteiger partial charge in [0.15, 0.2) is 0 Å². The summed E-state index contributed by atoms with van der Waals surface area (Å²) in [5.41, 5.74) is 1.36. The lowest BCUT2D eigenvalue weighted by Gasteiger charge is -2.20. The van der Waals surface area contributed by atoms with E-state index in [9.17, 15) is 5.11 Å². The van der Waals surface area contributed by atoms with Gasteiger partial charge in [-0.3, -0.25) is 0 Å². The van der Waals surface area contributed by atoms with Crippen LogP contribution < -0.4 is 0 Å². The Kier molecular flexibility index (Phi) is 4.61. The zero-order chi connectivity index (χ0) is 13.0. The highest BCUT2D eigenvalue weighted by Crippen LogP contribution is 2.23. The zero-order valence-corrected chi connectivity index (χ0v) is 10.6. The predicted octanol–water partition coefficient (Wildman–Crippen LogP) is 0.993. The normalized spacial score (nSPS) is 16.2. The summed E-state index contributed by atoms with van der Waals surface area (Å²) >= 11 is 0. The predicted molar refractivity (Wildman–Crippen MR) is 61.2 cm³/mol. The molecule has 0 aliphatic carbocycles. The van der Waals surface area contributed by atoms with Gasteiger partial charge in [0.1, 0.15) is 5.69 Å². The van der Waals surface area contributed by atoms with Crippen molar-refractivity contribution in [2.45, 2.75) is 45.4 Å². The second kappa shape index (κ2) is 5.75. The Labute approximate surface area is 101 Å². The van der Waals surface area contributed by atoms with E-state index in [-0.39, 0.29) is 18.6 Å². The maximum absolute atomic E-state index is 9.60. The van der Waals surface area contributed by atoms with Crippen LogP contribution in [0.3, 0.4) is 0 Å². The molecule has 0 aromatic carbocycles. The SMILES string of the molecule is COC(C)c1c(CC#N)nnn1C(C)C(C)O. The van der Waals surface area contributed by atoms with Crippen molar-refractivity contribution in [1.82, 2.24) is 15.0 Å². The summed E-state index contributed by atoms with van der Waals surface area (Å²) in [6.45, 7) is 5.41. The summed E-state index contributed by atoms with van der Waals surface area (Å²) in [6.07, 6.45) is -0.570. The zero-order valence-electron chi connectivity index (χ0n) is 10.6. The van der Waals surface area contributed by atoms with E-state index >= 15 is 0 Å². The molecule has 0 bridgehead atoms. The minimum Gasteiger partial charge on any atom is -0.391 e.